The first-order valence-electron chi connectivity index (χ1n) is 6.38. The fourth-order valence-corrected chi connectivity index (χ4v) is 6.18. The molecule has 2 unspecified atom stereocenters. The van der Waals surface area contributed by atoms with Gasteiger partial charge in [0.2, 0.25) is 0 Å². The second-order valence-electron chi connectivity index (χ2n) is 6.32. The highest BCUT2D eigenvalue weighted by atomic mass is 32.2. The van der Waals surface area contributed by atoms with E-state index in [0.29, 0.717) is 26.3 Å². The van der Waals surface area contributed by atoms with Crippen LogP contribution >= 0.6 is 0 Å². The number of ether oxygens (including phenoxy) is 1. The summed E-state index contributed by atoms with van der Waals surface area (Å²) in [5.41, 5.74) is -1.00. The quantitative estimate of drug-likeness (QED) is 0.783. The van der Waals surface area contributed by atoms with E-state index in [2.05, 4.69) is 0 Å². The number of morpholine rings is 1. The normalized spacial score (nSPS) is 36.1. The van der Waals surface area contributed by atoms with Gasteiger partial charge < -0.3 is 9.84 Å². The van der Waals surface area contributed by atoms with Crippen molar-refractivity contribution in [2.75, 3.05) is 26.3 Å². The molecule has 0 aromatic rings. The molecule has 18 heavy (non-hydrogen) atoms. The van der Waals surface area contributed by atoms with E-state index in [1.54, 1.807) is 27.7 Å². The van der Waals surface area contributed by atoms with Gasteiger partial charge in [0, 0.05) is 19.0 Å². The molecule has 106 valence electrons. The minimum atomic E-state index is -3.22. The van der Waals surface area contributed by atoms with E-state index in [0.717, 1.165) is 0 Å². The summed E-state index contributed by atoms with van der Waals surface area (Å²) in [6.07, 6.45) is 0. The van der Waals surface area contributed by atoms with Gasteiger partial charge in [-0.05, 0) is 27.7 Å². The predicted octanol–water partition coefficient (Wildman–Crippen LogP) is 0.239. The van der Waals surface area contributed by atoms with Crippen molar-refractivity contribution in [3.8, 4) is 0 Å². The number of hydrogen-bond donors (Lipinski definition) is 1. The fraction of sp³-hybridized carbons (Fsp3) is 1.00. The Morgan fingerprint density at radius 2 is 1.78 bits per heavy atom. The van der Waals surface area contributed by atoms with Gasteiger partial charge >= 0.3 is 0 Å². The molecule has 0 aromatic heterocycles. The summed E-state index contributed by atoms with van der Waals surface area (Å²) in [4.78, 5) is 1.94. The van der Waals surface area contributed by atoms with E-state index in [-0.39, 0.29) is 5.92 Å². The van der Waals surface area contributed by atoms with E-state index in [1.807, 2.05) is 4.90 Å². The number of aliphatic hydroxyl groups is 1. The summed E-state index contributed by atoms with van der Waals surface area (Å²) >= 11 is 0. The van der Waals surface area contributed by atoms with Gasteiger partial charge in [0.1, 0.15) is 5.37 Å². The van der Waals surface area contributed by atoms with Crippen molar-refractivity contribution >= 4 is 9.84 Å². The summed E-state index contributed by atoms with van der Waals surface area (Å²) in [5, 5.41) is 9.71. The lowest BCUT2D eigenvalue weighted by atomic mass is 9.79. The average molecular weight is 277 g/mol. The van der Waals surface area contributed by atoms with E-state index in [9.17, 15) is 13.5 Å². The van der Waals surface area contributed by atoms with Crippen LogP contribution in [-0.2, 0) is 14.6 Å². The van der Waals surface area contributed by atoms with E-state index >= 15 is 0 Å². The summed E-state index contributed by atoms with van der Waals surface area (Å²) in [5.74, 6) is -0.270. The van der Waals surface area contributed by atoms with Crippen molar-refractivity contribution < 1.29 is 18.3 Å². The molecule has 2 aliphatic rings. The van der Waals surface area contributed by atoms with Gasteiger partial charge in [-0.1, -0.05) is 0 Å². The fourth-order valence-electron chi connectivity index (χ4n) is 3.38. The third-order valence-electron chi connectivity index (χ3n) is 4.25. The maximum Gasteiger partial charge on any atom is 0.172 e. The monoisotopic (exact) mass is 277 g/mol. The lowest BCUT2D eigenvalue weighted by Crippen LogP contribution is -2.74. The van der Waals surface area contributed by atoms with E-state index in [4.69, 9.17) is 4.74 Å². The van der Waals surface area contributed by atoms with Crippen LogP contribution in [0.5, 0.6) is 0 Å². The standard InChI is InChI=1S/C12H23NO4S/c1-11(2,14)9-10(13-5-7-17-8-6-13)18(15,16)12(9,3)4/h9-10,14H,5-8H2,1-4H3. The Kier molecular flexibility index (Phi) is 3.29. The molecule has 0 amide bonds. The SMILES string of the molecule is CC(C)(O)C1C(N2CCOCC2)S(=O)(=O)C1(C)C. The molecule has 0 spiro atoms. The van der Waals surface area contributed by atoms with Gasteiger partial charge in [-0.15, -0.1) is 0 Å². The van der Waals surface area contributed by atoms with E-state index in [1.165, 1.54) is 0 Å². The molecule has 2 aliphatic heterocycles. The van der Waals surface area contributed by atoms with Gasteiger partial charge in [-0.2, -0.15) is 0 Å². The molecule has 5 nitrogen and oxygen atoms in total. The Balaban J connectivity index is 2.32. The molecule has 6 heteroatoms. The molecule has 1 N–H and O–H groups in total. The van der Waals surface area contributed by atoms with Gasteiger partial charge in [-0.25, -0.2) is 8.42 Å². The minimum absolute atomic E-state index is 0.270. The minimum Gasteiger partial charge on any atom is -0.390 e. The summed E-state index contributed by atoms with van der Waals surface area (Å²) < 4.78 is 29.3. The Morgan fingerprint density at radius 1 is 1.28 bits per heavy atom. The maximum atomic E-state index is 12.4. The van der Waals surface area contributed by atoms with Crippen LogP contribution in [0, 0.1) is 5.92 Å². The zero-order valence-electron chi connectivity index (χ0n) is 11.5. The Hall–Kier alpha value is -0.170. The predicted molar refractivity (Wildman–Crippen MR) is 69.0 cm³/mol. The third kappa shape index (κ3) is 1.90. The van der Waals surface area contributed by atoms with Crippen LogP contribution in [-0.4, -0.2) is 60.4 Å². The molecular weight excluding hydrogens is 254 g/mol. The van der Waals surface area contributed by atoms with Crippen molar-refractivity contribution in [1.29, 1.82) is 0 Å². The largest absolute Gasteiger partial charge is 0.390 e. The number of nitrogens with zero attached hydrogens (tertiary/aromatic N) is 1. The number of sulfone groups is 1. The van der Waals surface area contributed by atoms with Gasteiger partial charge in [0.15, 0.2) is 9.84 Å². The molecule has 2 fully saturated rings. The Bertz CT molecular complexity index is 418. The first kappa shape index (κ1) is 14.2. The highest BCUT2D eigenvalue weighted by Crippen LogP contribution is 2.51. The van der Waals surface area contributed by atoms with Crippen LogP contribution in [0.1, 0.15) is 27.7 Å². The molecule has 2 rings (SSSR count). The number of rotatable bonds is 2. The van der Waals surface area contributed by atoms with Gasteiger partial charge in [0.05, 0.1) is 23.6 Å². The molecule has 0 aromatic carbocycles. The van der Waals surface area contributed by atoms with Crippen LogP contribution in [0.3, 0.4) is 0 Å². The highest BCUT2D eigenvalue weighted by Gasteiger charge is 2.67. The molecule has 2 atom stereocenters. The lowest BCUT2D eigenvalue weighted by molar-refractivity contribution is -0.0612. The van der Waals surface area contributed by atoms with Crippen LogP contribution in [0.2, 0.25) is 0 Å². The highest BCUT2D eigenvalue weighted by molar-refractivity contribution is 7.94. The van der Waals surface area contributed by atoms with Crippen molar-refractivity contribution in [2.45, 2.75) is 43.4 Å². The second-order valence-corrected chi connectivity index (χ2v) is 8.94. The third-order valence-corrected chi connectivity index (χ3v) is 7.18. The maximum absolute atomic E-state index is 12.4. The first-order valence-corrected chi connectivity index (χ1v) is 7.92. The summed E-state index contributed by atoms with van der Waals surface area (Å²) in [6.45, 7) is 9.17. The van der Waals surface area contributed by atoms with Crippen LogP contribution < -0.4 is 0 Å². The van der Waals surface area contributed by atoms with Crippen molar-refractivity contribution in [3.63, 3.8) is 0 Å². The zero-order chi connectivity index (χ0) is 13.8. The lowest BCUT2D eigenvalue weighted by Gasteiger charge is -2.58. The van der Waals surface area contributed by atoms with Crippen LogP contribution in [0.25, 0.3) is 0 Å². The topological polar surface area (TPSA) is 66.8 Å². The first-order chi connectivity index (χ1) is 8.10. The zero-order valence-corrected chi connectivity index (χ0v) is 12.3. The van der Waals surface area contributed by atoms with Crippen LogP contribution in [0.4, 0.5) is 0 Å². The number of hydrogen-bond acceptors (Lipinski definition) is 5. The summed E-state index contributed by atoms with van der Waals surface area (Å²) in [6, 6.07) is 0. The second kappa shape index (κ2) is 4.16. The van der Waals surface area contributed by atoms with Gasteiger partial charge in [0.25, 0.3) is 0 Å². The summed E-state index contributed by atoms with van der Waals surface area (Å²) in [7, 11) is -3.22. The molecule has 2 heterocycles. The smallest absolute Gasteiger partial charge is 0.172 e. The molecule has 0 bridgehead atoms. The average Bonchev–Trinajstić information content (AvgIpc) is 2.24. The molecule has 0 saturated carbocycles. The van der Waals surface area contributed by atoms with Gasteiger partial charge in [-0.3, -0.25) is 4.90 Å². The van der Waals surface area contributed by atoms with Crippen LogP contribution in [0.15, 0.2) is 0 Å². The Morgan fingerprint density at radius 3 is 2.22 bits per heavy atom. The van der Waals surface area contributed by atoms with E-state index < -0.39 is 25.6 Å². The molecular formula is C12H23NO4S. The molecule has 2 saturated heterocycles. The van der Waals surface area contributed by atoms with Crippen molar-refractivity contribution in [1.82, 2.24) is 4.90 Å². The molecule has 0 radical (unpaired) electrons. The Labute approximate surface area is 109 Å². The molecule has 0 aliphatic carbocycles. The van der Waals surface area contributed by atoms with Crippen molar-refractivity contribution in [2.24, 2.45) is 5.92 Å². The van der Waals surface area contributed by atoms with Crippen molar-refractivity contribution in [3.05, 3.63) is 0 Å².